The van der Waals surface area contributed by atoms with E-state index >= 15 is 0 Å². The zero-order chi connectivity index (χ0) is 33.8. The molecule has 7 aromatic carbocycles. The number of para-hydroxylation sites is 3. The fraction of sp³-hybridized carbons (Fsp3) is 0. The van der Waals surface area contributed by atoms with Gasteiger partial charge in [-0.15, -0.1) is 0 Å². The summed E-state index contributed by atoms with van der Waals surface area (Å²) < 4.78 is 4.46. The molecule has 0 bridgehead atoms. The topological polar surface area (TPSA) is 81.2 Å². The van der Waals surface area contributed by atoms with Gasteiger partial charge in [0.15, 0.2) is 0 Å². The molecule has 9 rings (SSSR count). The fourth-order valence-electron chi connectivity index (χ4n) is 7.46. The van der Waals surface area contributed by atoms with Gasteiger partial charge in [0, 0.05) is 38.4 Å². The molecule has 0 fully saturated rings. The summed E-state index contributed by atoms with van der Waals surface area (Å²) in [7, 11) is 0. The highest BCUT2D eigenvalue weighted by Gasteiger charge is 2.21. The predicted octanol–water partition coefficient (Wildman–Crippen LogP) is 10.8. The van der Waals surface area contributed by atoms with E-state index in [-0.39, 0.29) is 0 Å². The Labute approximate surface area is 287 Å². The van der Waals surface area contributed by atoms with Crippen LogP contribution in [0.15, 0.2) is 152 Å². The lowest BCUT2D eigenvalue weighted by Crippen LogP contribution is -2.00. The summed E-state index contributed by atoms with van der Waals surface area (Å²) in [6.07, 6.45) is 0. The smallest absolute Gasteiger partial charge is 0.0998 e. The Hall–Kier alpha value is -7.39. The summed E-state index contributed by atoms with van der Waals surface area (Å²) in [5.74, 6) is 0. The van der Waals surface area contributed by atoms with Crippen LogP contribution in [-0.2, 0) is 0 Å². The number of nitriles is 3. The van der Waals surface area contributed by atoms with Crippen molar-refractivity contribution in [2.45, 2.75) is 0 Å². The van der Waals surface area contributed by atoms with Gasteiger partial charge in [-0.1, -0.05) is 78.9 Å². The highest BCUT2D eigenvalue weighted by atomic mass is 15.0. The van der Waals surface area contributed by atoms with Crippen LogP contribution in [0.3, 0.4) is 0 Å². The average Bonchev–Trinajstić information content (AvgIpc) is 3.70. The van der Waals surface area contributed by atoms with Crippen LogP contribution in [-0.4, -0.2) is 9.13 Å². The highest BCUT2D eigenvalue weighted by molar-refractivity contribution is 6.11. The molecule has 0 aliphatic heterocycles. The lowest BCUT2D eigenvalue weighted by atomic mass is 9.90. The van der Waals surface area contributed by atoms with Crippen LogP contribution in [0.2, 0.25) is 0 Å². The first kappa shape index (κ1) is 28.8. The van der Waals surface area contributed by atoms with E-state index in [9.17, 15) is 15.8 Å². The van der Waals surface area contributed by atoms with Crippen LogP contribution in [0.25, 0.3) is 77.2 Å². The Morgan fingerprint density at radius 3 is 1.52 bits per heavy atom. The van der Waals surface area contributed by atoms with Gasteiger partial charge in [-0.3, -0.25) is 0 Å². The molecule has 0 saturated carbocycles. The molecule has 0 atom stereocenters. The first-order valence-corrected chi connectivity index (χ1v) is 16.3. The standard InChI is InChI=1S/C45H25N5/c46-26-29-17-21-44(50-43-16-8-5-13-37(43)40-24-30(27-47)18-22-45(40)50)39(23-29)34-10-2-1-9-33(34)38-25-32(20-19-31(38)28-48)49-41-14-6-3-11-35(41)36-12-4-7-15-42(36)49/h1-25H. The van der Waals surface area contributed by atoms with Crippen LogP contribution in [0.5, 0.6) is 0 Å². The molecule has 9 aromatic rings. The van der Waals surface area contributed by atoms with E-state index in [1.807, 2.05) is 72.8 Å². The van der Waals surface area contributed by atoms with E-state index < -0.39 is 0 Å². The molecule has 50 heavy (non-hydrogen) atoms. The third-order valence-electron chi connectivity index (χ3n) is 9.64. The molecule has 2 heterocycles. The first-order valence-electron chi connectivity index (χ1n) is 16.3. The maximum Gasteiger partial charge on any atom is 0.0998 e. The molecule has 2 aromatic heterocycles. The predicted molar refractivity (Wildman–Crippen MR) is 200 cm³/mol. The summed E-state index contributed by atoms with van der Waals surface area (Å²) >= 11 is 0. The highest BCUT2D eigenvalue weighted by Crippen LogP contribution is 2.42. The van der Waals surface area contributed by atoms with Gasteiger partial charge in [-0.25, -0.2) is 0 Å². The van der Waals surface area contributed by atoms with E-state index in [0.29, 0.717) is 16.7 Å². The zero-order valence-electron chi connectivity index (χ0n) is 26.7. The van der Waals surface area contributed by atoms with Crippen molar-refractivity contribution in [3.63, 3.8) is 0 Å². The molecule has 0 aliphatic carbocycles. The van der Waals surface area contributed by atoms with Crippen molar-refractivity contribution in [2.75, 3.05) is 0 Å². The van der Waals surface area contributed by atoms with Crippen molar-refractivity contribution in [3.8, 4) is 51.8 Å². The lowest BCUT2D eigenvalue weighted by molar-refractivity contribution is 1.18. The fourth-order valence-corrected chi connectivity index (χ4v) is 7.46. The molecular formula is C45H25N5. The van der Waals surface area contributed by atoms with Crippen molar-refractivity contribution in [3.05, 3.63) is 168 Å². The van der Waals surface area contributed by atoms with Gasteiger partial charge in [-0.2, -0.15) is 15.8 Å². The third kappa shape index (κ3) is 4.31. The Bertz CT molecular complexity index is 2920. The van der Waals surface area contributed by atoms with Crippen LogP contribution >= 0.6 is 0 Å². The second kappa shape index (κ2) is 11.4. The minimum absolute atomic E-state index is 0.533. The molecule has 0 amide bonds. The van der Waals surface area contributed by atoms with E-state index in [1.54, 1.807) is 0 Å². The number of fused-ring (bicyclic) bond motifs is 6. The van der Waals surface area contributed by atoms with Crippen molar-refractivity contribution in [1.82, 2.24) is 9.13 Å². The maximum absolute atomic E-state index is 10.4. The van der Waals surface area contributed by atoms with Crippen molar-refractivity contribution in [2.24, 2.45) is 0 Å². The summed E-state index contributed by atoms with van der Waals surface area (Å²) in [6, 6.07) is 57.7. The van der Waals surface area contributed by atoms with Crippen molar-refractivity contribution < 1.29 is 0 Å². The van der Waals surface area contributed by atoms with Gasteiger partial charge < -0.3 is 9.13 Å². The number of benzene rings is 7. The van der Waals surface area contributed by atoms with Crippen LogP contribution in [0, 0.1) is 34.0 Å². The monoisotopic (exact) mass is 635 g/mol. The summed E-state index contributed by atoms with van der Waals surface area (Å²) in [5.41, 5.74) is 11.1. The van der Waals surface area contributed by atoms with Crippen molar-refractivity contribution in [1.29, 1.82) is 15.8 Å². The number of rotatable bonds is 4. The van der Waals surface area contributed by atoms with Gasteiger partial charge in [0.1, 0.15) is 0 Å². The van der Waals surface area contributed by atoms with Gasteiger partial charge in [-0.05, 0) is 83.9 Å². The summed E-state index contributed by atoms with van der Waals surface area (Å²) in [6.45, 7) is 0. The molecule has 0 aliphatic rings. The van der Waals surface area contributed by atoms with Gasteiger partial charge in [0.25, 0.3) is 0 Å². The van der Waals surface area contributed by atoms with Crippen LogP contribution in [0.4, 0.5) is 0 Å². The maximum atomic E-state index is 10.4. The summed E-state index contributed by atoms with van der Waals surface area (Å²) in [5, 5.41) is 34.6. The largest absolute Gasteiger partial charge is 0.309 e. The lowest BCUT2D eigenvalue weighted by Gasteiger charge is -2.18. The van der Waals surface area contributed by atoms with E-state index in [0.717, 1.165) is 66.5 Å². The van der Waals surface area contributed by atoms with Gasteiger partial charge in [0.2, 0.25) is 0 Å². The molecule has 0 spiro atoms. The van der Waals surface area contributed by atoms with Crippen molar-refractivity contribution >= 4 is 43.6 Å². The number of aromatic nitrogens is 2. The third-order valence-corrected chi connectivity index (χ3v) is 9.64. The second-order valence-corrected chi connectivity index (χ2v) is 12.3. The Morgan fingerprint density at radius 1 is 0.360 bits per heavy atom. The molecule has 5 nitrogen and oxygen atoms in total. The average molecular weight is 636 g/mol. The number of hydrogen-bond donors (Lipinski definition) is 0. The van der Waals surface area contributed by atoms with E-state index in [2.05, 4.69) is 106 Å². The first-order chi connectivity index (χ1) is 24.7. The molecule has 5 heteroatoms. The zero-order valence-corrected chi connectivity index (χ0v) is 26.7. The summed E-state index contributed by atoms with van der Waals surface area (Å²) in [4.78, 5) is 0. The Balaban J connectivity index is 1.32. The van der Waals surface area contributed by atoms with Gasteiger partial charge in [0.05, 0.1) is 62.7 Å². The number of hydrogen-bond acceptors (Lipinski definition) is 3. The molecule has 230 valence electrons. The van der Waals surface area contributed by atoms with Crippen LogP contribution in [0.1, 0.15) is 16.7 Å². The normalized spacial score (nSPS) is 11.1. The minimum Gasteiger partial charge on any atom is -0.309 e. The molecule has 0 saturated heterocycles. The Kier molecular flexibility index (Phi) is 6.56. The molecular weight excluding hydrogens is 611 g/mol. The number of nitrogens with zero attached hydrogens (tertiary/aromatic N) is 5. The quantitative estimate of drug-likeness (QED) is 0.193. The molecule has 0 unspecified atom stereocenters. The van der Waals surface area contributed by atoms with E-state index in [1.165, 1.54) is 10.8 Å². The Morgan fingerprint density at radius 2 is 0.880 bits per heavy atom. The van der Waals surface area contributed by atoms with Crippen LogP contribution < -0.4 is 0 Å². The minimum atomic E-state index is 0.533. The van der Waals surface area contributed by atoms with Gasteiger partial charge >= 0.3 is 0 Å². The van der Waals surface area contributed by atoms with E-state index in [4.69, 9.17) is 0 Å². The second-order valence-electron chi connectivity index (χ2n) is 12.3. The molecule has 0 N–H and O–H groups in total. The SMILES string of the molecule is N#Cc1ccc(-n2c3ccccc3c3cc(C#N)ccc32)c(-c2ccccc2-c2cc(-n3c4ccccc4c4ccccc43)ccc2C#N)c1. The molecule has 0 radical (unpaired) electrons.